The third-order valence-electron chi connectivity index (χ3n) is 4.79. The van der Waals surface area contributed by atoms with Crippen LogP contribution in [0.2, 0.25) is 0 Å². The molecule has 0 aliphatic carbocycles. The summed E-state index contributed by atoms with van der Waals surface area (Å²) in [7, 11) is 1.82. The number of aliphatic imine (C=N–C) groups is 1. The van der Waals surface area contributed by atoms with E-state index in [1.54, 1.807) is 0 Å². The van der Waals surface area contributed by atoms with Crippen LogP contribution >= 0.6 is 24.0 Å². The van der Waals surface area contributed by atoms with E-state index < -0.39 is 0 Å². The maximum absolute atomic E-state index is 5.56. The fourth-order valence-corrected chi connectivity index (χ4v) is 3.23. The SMILES string of the molecule is CCOc1cccc(CNC(=NC)NCC(C)(C)N2CCCCC2)c1.I. The molecule has 6 heteroatoms. The second-order valence-corrected chi connectivity index (χ2v) is 7.22. The number of guanidine groups is 1. The Morgan fingerprint density at radius 3 is 2.58 bits per heavy atom. The zero-order valence-electron chi connectivity index (χ0n) is 16.7. The van der Waals surface area contributed by atoms with Gasteiger partial charge in [0, 0.05) is 25.7 Å². The summed E-state index contributed by atoms with van der Waals surface area (Å²) < 4.78 is 5.56. The van der Waals surface area contributed by atoms with Crippen LogP contribution in [0.5, 0.6) is 5.75 Å². The molecule has 2 rings (SSSR count). The van der Waals surface area contributed by atoms with Gasteiger partial charge in [0.05, 0.1) is 6.61 Å². The van der Waals surface area contributed by atoms with Gasteiger partial charge in [0.2, 0.25) is 0 Å². The molecule has 1 aliphatic rings. The molecule has 0 unspecified atom stereocenters. The number of piperidine rings is 1. The molecule has 0 radical (unpaired) electrons. The monoisotopic (exact) mass is 474 g/mol. The number of halogens is 1. The molecule has 1 aromatic rings. The molecule has 0 saturated carbocycles. The Morgan fingerprint density at radius 2 is 1.92 bits per heavy atom. The largest absolute Gasteiger partial charge is 0.494 e. The summed E-state index contributed by atoms with van der Waals surface area (Å²) in [5.41, 5.74) is 1.32. The van der Waals surface area contributed by atoms with Gasteiger partial charge in [0.15, 0.2) is 5.96 Å². The minimum Gasteiger partial charge on any atom is -0.494 e. The molecular weight excluding hydrogens is 439 g/mol. The van der Waals surface area contributed by atoms with Crippen molar-refractivity contribution in [3.8, 4) is 5.75 Å². The van der Waals surface area contributed by atoms with Crippen molar-refractivity contribution in [2.75, 3.05) is 33.3 Å². The minimum atomic E-state index is 0. The van der Waals surface area contributed by atoms with Gasteiger partial charge in [-0.2, -0.15) is 0 Å². The highest BCUT2D eigenvalue weighted by atomic mass is 127. The summed E-state index contributed by atoms with van der Waals surface area (Å²) in [5, 5.41) is 6.88. The zero-order valence-corrected chi connectivity index (χ0v) is 19.0. The van der Waals surface area contributed by atoms with Crippen LogP contribution in [0.25, 0.3) is 0 Å². The second-order valence-electron chi connectivity index (χ2n) is 7.22. The predicted octanol–water partition coefficient (Wildman–Crippen LogP) is 3.63. The summed E-state index contributed by atoms with van der Waals surface area (Å²) >= 11 is 0. The van der Waals surface area contributed by atoms with Crippen molar-refractivity contribution < 1.29 is 4.74 Å². The van der Waals surface area contributed by atoms with Gasteiger partial charge >= 0.3 is 0 Å². The van der Waals surface area contributed by atoms with Crippen LogP contribution in [-0.2, 0) is 6.54 Å². The van der Waals surface area contributed by atoms with E-state index in [1.807, 2.05) is 26.1 Å². The van der Waals surface area contributed by atoms with Crippen molar-refractivity contribution in [3.63, 3.8) is 0 Å². The third-order valence-corrected chi connectivity index (χ3v) is 4.79. The van der Waals surface area contributed by atoms with Gasteiger partial charge in [-0.3, -0.25) is 9.89 Å². The first kappa shape index (κ1) is 23.0. The lowest BCUT2D eigenvalue weighted by molar-refractivity contribution is 0.0982. The standard InChI is InChI=1S/C20H34N4O.HI/c1-5-25-18-11-9-10-17(14-18)15-22-19(21-4)23-16-20(2,3)24-12-7-6-8-13-24;/h9-11,14H,5-8,12-13,15-16H2,1-4H3,(H2,21,22,23);1H. The van der Waals surface area contributed by atoms with E-state index in [-0.39, 0.29) is 29.5 Å². The molecule has 1 aliphatic heterocycles. The van der Waals surface area contributed by atoms with Crippen molar-refractivity contribution in [3.05, 3.63) is 29.8 Å². The Bertz CT molecular complexity index is 556. The number of nitrogens with one attached hydrogen (secondary N) is 2. The molecule has 0 atom stereocenters. The number of nitrogens with zero attached hydrogens (tertiary/aromatic N) is 2. The Hall–Kier alpha value is -1.02. The van der Waals surface area contributed by atoms with Crippen molar-refractivity contribution in [1.29, 1.82) is 0 Å². The molecule has 0 bridgehead atoms. The maximum Gasteiger partial charge on any atom is 0.191 e. The van der Waals surface area contributed by atoms with Gasteiger partial charge in [-0.25, -0.2) is 0 Å². The highest BCUT2D eigenvalue weighted by Crippen LogP contribution is 2.19. The highest BCUT2D eigenvalue weighted by molar-refractivity contribution is 14.0. The fourth-order valence-electron chi connectivity index (χ4n) is 3.23. The normalized spacial score (nSPS) is 15.9. The highest BCUT2D eigenvalue weighted by Gasteiger charge is 2.27. The van der Waals surface area contributed by atoms with Gasteiger partial charge in [-0.05, 0) is 64.4 Å². The van der Waals surface area contributed by atoms with Crippen LogP contribution in [0, 0.1) is 0 Å². The number of ether oxygens (including phenoxy) is 1. The van der Waals surface area contributed by atoms with Gasteiger partial charge in [-0.15, -0.1) is 24.0 Å². The fraction of sp³-hybridized carbons (Fsp3) is 0.650. The van der Waals surface area contributed by atoms with E-state index in [4.69, 9.17) is 4.74 Å². The number of hydrogen-bond donors (Lipinski definition) is 2. The van der Waals surface area contributed by atoms with E-state index in [9.17, 15) is 0 Å². The van der Waals surface area contributed by atoms with Crippen LogP contribution in [0.1, 0.15) is 45.6 Å². The van der Waals surface area contributed by atoms with E-state index in [2.05, 4.69) is 46.5 Å². The first-order valence-electron chi connectivity index (χ1n) is 9.46. The molecule has 5 nitrogen and oxygen atoms in total. The molecule has 1 heterocycles. The van der Waals surface area contributed by atoms with Crippen LogP contribution in [0.4, 0.5) is 0 Å². The molecule has 0 amide bonds. The van der Waals surface area contributed by atoms with Gasteiger partial charge in [0.25, 0.3) is 0 Å². The summed E-state index contributed by atoms with van der Waals surface area (Å²) in [5.74, 6) is 1.75. The zero-order chi connectivity index (χ0) is 18.1. The molecule has 0 aromatic heterocycles. The minimum absolute atomic E-state index is 0. The molecule has 0 spiro atoms. The van der Waals surface area contributed by atoms with Gasteiger partial charge in [0.1, 0.15) is 5.75 Å². The molecular formula is C20H35IN4O. The van der Waals surface area contributed by atoms with Crippen molar-refractivity contribution in [2.24, 2.45) is 4.99 Å². The van der Waals surface area contributed by atoms with Crippen LogP contribution in [0.15, 0.2) is 29.3 Å². The second kappa shape index (κ2) is 11.6. The average molecular weight is 474 g/mol. The number of likely N-dealkylation sites (tertiary alicyclic amines) is 1. The lowest BCUT2D eigenvalue weighted by Crippen LogP contribution is -2.54. The third kappa shape index (κ3) is 7.31. The van der Waals surface area contributed by atoms with Gasteiger partial charge in [-0.1, -0.05) is 18.6 Å². The summed E-state index contributed by atoms with van der Waals surface area (Å²) in [6.45, 7) is 11.3. The Labute approximate surface area is 176 Å². The number of rotatable bonds is 7. The predicted molar refractivity (Wildman–Crippen MR) is 121 cm³/mol. The average Bonchev–Trinajstić information content (AvgIpc) is 2.63. The quantitative estimate of drug-likeness (QED) is 0.360. The van der Waals surface area contributed by atoms with Crippen molar-refractivity contribution in [2.45, 2.75) is 52.1 Å². The van der Waals surface area contributed by atoms with Crippen molar-refractivity contribution >= 4 is 29.9 Å². The smallest absolute Gasteiger partial charge is 0.191 e. The summed E-state index contributed by atoms with van der Waals surface area (Å²) in [6, 6.07) is 8.18. The molecule has 1 aromatic carbocycles. The lowest BCUT2D eigenvalue weighted by atomic mass is 9.98. The Kier molecular flexibility index (Phi) is 10.3. The molecule has 148 valence electrons. The molecule has 1 saturated heterocycles. The number of hydrogen-bond acceptors (Lipinski definition) is 3. The van der Waals surface area contributed by atoms with Crippen molar-refractivity contribution in [1.82, 2.24) is 15.5 Å². The lowest BCUT2D eigenvalue weighted by Gasteiger charge is -2.41. The van der Waals surface area contributed by atoms with Crippen LogP contribution < -0.4 is 15.4 Å². The summed E-state index contributed by atoms with van der Waals surface area (Å²) in [4.78, 5) is 6.94. The van der Waals surface area contributed by atoms with E-state index >= 15 is 0 Å². The van der Waals surface area contributed by atoms with Crippen LogP contribution in [-0.4, -0.2) is 49.7 Å². The topological polar surface area (TPSA) is 48.9 Å². The van der Waals surface area contributed by atoms with E-state index in [0.717, 1.165) is 24.8 Å². The number of benzene rings is 1. The maximum atomic E-state index is 5.56. The Balaban J connectivity index is 0.00000338. The molecule has 26 heavy (non-hydrogen) atoms. The Morgan fingerprint density at radius 1 is 1.19 bits per heavy atom. The summed E-state index contributed by atoms with van der Waals surface area (Å²) in [6.07, 6.45) is 3.99. The van der Waals surface area contributed by atoms with E-state index in [0.29, 0.717) is 6.61 Å². The van der Waals surface area contributed by atoms with Crippen LogP contribution in [0.3, 0.4) is 0 Å². The first-order chi connectivity index (χ1) is 12.0. The molecule has 1 fully saturated rings. The van der Waals surface area contributed by atoms with Gasteiger partial charge < -0.3 is 15.4 Å². The first-order valence-corrected chi connectivity index (χ1v) is 9.46. The van der Waals surface area contributed by atoms with E-state index in [1.165, 1.54) is 37.9 Å². The molecule has 2 N–H and O–H groups in total.